The Kier molecular flexibility index (Phi) is 9.47. The largest absolute Gasteiger partial charge is 0.0628 e. The Hall–Kier alpha value is -2.34. The maximum atomic E-state index is 2.40. The molecule has 0 aliphatic heterocycles. The normalized spacial score (nSPS) is 26.1. The lowest BCUT2D eigenvalue weighted by Gasteiger charge is -2.20. The lowest BCUT2D eigenvalue weighted by molar-refractivity contribution is 0.352. The lowest BCUT2D eigenvalue weighted by Crippen LogP contribution is -2.11. The number of aryl methyl sites for hydroxylation is 3. The smallest absolute Gasteiger partial charge is 0.0120 e. The van der Waals surface area contributed by atoms with Crippen LogP contribution in [0.1, 0.15) is 136 Å². The fraction of sp³-hybridized carbons (Fsp3) is 0.561. The summed E-state index contributed by atoms with van der Waals surface area (Å²) in [6, 6.07) is 24.5. The number of benzene rings is 3. The zero-order valence-electron chi connectivity index (χ0n) is 27.3. The van der Waals surface area contributed by atoms with Gasteiger partial charge in [0, 0.05) is 0 Å². The molecule has 0 amide bonds. The van der Waals surface area contributed by atoms with Gasteiger partial charge in [0.1, 0.15) is 0 Å². The van der Waals surface area contributed by atoms with Crippen molar-refractivity contribution in [3.63, 3.8) is 0 Å². The number of rotatable bonds is 6. The fourth-order valence-corrected chi connectivity index (χ4v) is 8.78. The monoisotopic (exact) mass is 548 g/mol. The van der Waals surface area contributed by atoms with Crippen LogP contribution in [-0.2, 0) is 0 Å². The van der Waals surface area contributed by atoms with E-state index in [2.05, 4.69) is 122 Å². The van der Waals surface area contributed by atoms with Crippen molar-refractivity contribution in [3.05, 3.63) is 106 Å². The topological polar surface area (TPSA) is 0 Å². The summed E-state index contributed by atoms with van der Waals surface area (Å²) in [6.45, 7) is 18.4. The minimum absolute atomic E-state index is 0.696. The Morgan fingerprint density at radius 2 is 1.22 bits per heavy atom. The molecule has 6 atom stereocenters. The molecule has 0 heteroatoms. The van der Waals surface area contributed by atoms with E-state index >= 15 is 0 Å². The Labute approximate surface area is 252 Å². The summed E-state index contributed by atoms with van der Waals surface area (Å²) < 4.78 is 0. The first-order chi connectivity index (χ1) is 19.7. The van der Waals surface area contributed by atoms with Gasteiger partial charge in [0.15, 0.2) is 0 Å². The van der Waals surface area contributed by atoms with Crippen molar-refractivity contribution in [3.8, 4) is 0 Å². The Morgan fingerprint density at radius 1 is 0.610 bits per heavy atom. The molecule has 3 fully saturated rings. The molecule has 3 aromatic carbocycles. The summed E-state index contributed by atoms with van der Waals surface area (Å²) in [5.41, 5.74) is 11.0. The van der Waals surface area contributed by atoms with Crippen molar-refractivity contribution < 1.29 is 0 Å². The molecular formula is C41H56. The van der Waals surface area contributed by atoms with E-state index in [-0.39, 0.29) is 0 Å². The summed E-state index contributed by atoms with van der Waals surface area (Å²) in [4.78, 5) is 0. The van der Waals surface area contributed by atoms with Crippen LogP contribution in [0.15, 0.2) is 66.7 Å². The van der Waals surface area contributed by atoms with Gasteiger partial charge >= 0.3 is 0 Å². The van der Waals surface area contributed by atoms with Gasteiger partial charge in [-0.05, 0) is 152 Å². The number of hydrogen-bond acceptors (Lipinski definition) is 0. The molecule has 2 bridgehead atoms. The van der Waals surface area contributed by atoms with Gasteiger partial charge in [0.05, 0.1) is 0 Å². The SMILES string of the molecule is Cc1cccc2c1C1CCC2C1C(C)C.Cc1ccccc1C(C)CC(C)C.Cc1ccccc1C1CC1C1CC1. The van der Waals surface area contributed by atoms with Gasteiger partial charge < -0.3 is 0 Å². The number of fused-ring (bicyclic) bond motifs is 5. The van der Waals surface area contributed by atoms with Crippen molar-refractivity contribution in [2.75, 3.05) is 0 Å². The average molecular weight is 549 g/mol. The first-order valence-corrected chi connectivity index (χ1v) is 16.9. The van der Waals surface area contributed by atoms with Crippen LogP contribution in [0, 0.1) is 50.4 Å². The molecule has 0 nitrogen and oxygen atoms in total. The summed E-state index contributed by atoms with van der Waals surface area (Å²) in [5, 5.41) is 0. The van der Waals surface area contributed by atoms with Crippen LogP contribution in [0.25, 0.3) is 0 Å². The fourth-order valence-electron chi connectivity index (χ4n) is 8.78. The second-order valence-corrected chi connectivity index (χ2v) is 14.8. The molecule has 0 aromatic heterocycles. The van der Waals surface area contributed by atoms with Crippen LogP contribution in [-0.4, -0.2) is 0 Å². The van der Waals surface area contributed by atoms with E-state index in [9.17, 15) is 0 Å². The van der Waals surface area contributed by atoms with Crippen molar-refractivity contribution in [2.45, 2.75) is 118 Å². The maximum Gasteiger partial charge on any atom is -0.0120 e. The van der Waals surface area contributed by atoms with E-state index in [0.717, 1.165) is 47.3 Å². The molecule has 4 aliphatic rings. The summed E-state index contributed by atoms with van der Waals surface area (Å²) in [7, 11) is 0. The van der Waals surface area contributed by atoms with Crippen LogP contribution in [0.2, 0.25) is 0 Å². The third-order valence-electron chi connectivity index (χ3n) is 10.8. The highest BCUT2D eigenvalue weighted by Crippen LogP contribution is 2.60. The van der Waals surface area contributed by atoms with Crippen LogP contribution in [0.3, 0.4) is 0 Å². The molecule has 3 saturated carbocycles. The second-order valence-electron chi connectivity index (χ2n) is 14.8. The molecule has 3 aromatic rings. The van der Waals surface area contributed by atoms with Gasteiger partial charge in [-0.2, -0.15) is 0 Å². The predicted octanol–water partition coefficient (Wildman–Crippen LogP) is 11.9. The van der Waals surface area contributed by atoms with Gasteiger partial charge in [-0.15, -0.1) is 0 Å². The van der Waals surface area contributed by atoms with Crippen LogP contribution in [0.4, 0.5) is 0 Å². The molecular weight excluding hydrogens is 492 g/mol. The van der Waals surface area contributed by atoms with Crippen molar-refractivity contribution >= 4 is 0 Å². The highest BCUT2D eigenvalue weighted by Gasteiger charge is 2.48. The average Bonchev–Trinajstić information content (AvgIpc) is 3.85. The quantitative estimate of drug-likeness (QED) is 0.287. The molecule has 6 unspecified atom stereocenters. The highest BCUT2D eigenvalue weighted by atomic mass is 14.5. The molecule has 4 aliphatic carbocycles. The zero-order chi connectivity index (χ0) is 29.3. The second kappa shape index (κ2) is 12.9. The molecule has 0 heterocycles. The summed E-state index contributed by atoms with van der Waals surface area (Å²) in [6.07, 6.45) is 8.63. The van der Waals surface area contributed by atoms with Gasteiger partial charge in [0.2, 0.25) is 0 Å². The Morgan fingerprint density at radius 3 is 1.83 bits per heavy atom. The highest BCUT2D eigenvalue weighted by molar-refractivity contribution is 5.47. The van der Waals surface area contributed by atoms with E-state index in [1.54, 1.807) is 16.7 Å². The maximum absolute atomic E-state index is 2.40. The number of hydrogen-bond donors (Lipinski definition) is 0. The lowest BCUT2D eigenvalue weighted by atomic mass is 9.84. The van der Waals surface area contributed by atoms with Crippen LogP contribution < -0.4 is 0 Å². The van der Waals surface area contributed by atoms with E-state index in [1.165, 1.54) is 60.8 Å². The third kappa shape index (κ3) is 6.84. The Balaban J connectivity index is 0.000000124. The van der Waals surface area contributed by atoms with Gasteiger partial charge in [-0.25, -0.2) is 0 Å². The molecule has 7 rings (SSSR count). The molecule has 0 saturated heterocycles. The zero-order valence-corrected chi connectivity index (χ0v) is 27.3. The van der Waals surface area contributed by atoms with Gasteiger partial charge in [-0.3, -0.25) is 0 Å². The van der Waals surface area contributed by atoms with E-state index in [4.69, 9.17) is 0 Å². The molecule has 0 spiro atoms. The van der Waals surface area contributed by atoms with E-state index in [0.29, 0.717) is 5.92 Å². The van der Waals surface area contributed by atoms with Crippen molar-refractivity contribution in [2.24, 2.45) is 29.6 Å². The minimum atomic E-state index is 0.696. The van der Waals surface area contributed by atoms with Crippen molar-refractivity contribution in [1.29, 1.82) is 0 Å². The van der Waals surface area contributed by atoms with Crippen molar-refractivity contribution in [1.82, 2.24) is 0 Å². The molecule has 0 radical (unpaired) electrons. The van der Waals surface area contributed by atoms with Crippen LogP contribution in [0.5, 0.6) is 0 Å². The first-order valence-electron chi connectivity index (χ1n) is 16.9. The Bertz CT molecular complexity index is 1250. The molecule has 41 heavy (non-hydrogen) atoms. The summed E-state index contributed by atoms with van der Waals surface area (Å²) >= 11 is 0. The van der Waals surface area contributed by atoms with E-state index < -0.39 is 0 Å². The first kappa shape index (κ1) is 30.1. The molecule has 220 valence electrons. The van der Waals surface area contributed by atoms with Gasteiger partial charge in [0.25, 0.3) is 0 Å². The van der Waals surface area contributed by atoms with Gasteiger partial charge in [-0.1, -0.05) is 101 Å². The van der Waals surface area contributed by atoms with E-state index in [1.807, 2.05) is 0 Å². The van der Waals surface area contributed by atoms with Crippen LogP contribution >= 0.6 is 0 Å². The third-order valence-corrected chi connectivity index (χ3v) is 10.8. The molecule has 0 N–H and O–H groups in total. The summed E-state index contributed by atoms with van der Waals surface area (Å²) in [5.74, 6) is 8.10. The predicted molar refractivity (Wildman–Crippen MR) is 178 cm³/mol. The minimum Gasteiger partial charge on any atom is -0.0628 e. The standard InChI is InChI=1S/C15H20.C13H16.C13H20/c1-9(2)14-12-7-8-13(14)15-10(3)5-4-6-11(12)15;1-9-4-2-3-5-11(9)13-8-12(13)10-6-7-10;1-10(2)9-12(4)13-8-6-5-7-11(13)3/h4-6,9,12-14H,7-8H2,1-3H3;2-5,10,12-13H,6-8H2,1H3;5-8,10,12H,9H2,1-4H3.